The third-order valence-electron chi connectivity index (χ3n) is 1.78. The topological polar surface area (TPSA) is 70.7 Å². The van der Waals surface area contributed by atoms with Crippen LogP contribution in [-0.4, -0.2) is 22.2 Å². The van der Waals surface area contributed by atoms with Crippen molar-refractivity contribution < 1.29 is 4.79 Å². The lowest BCUT2D eigenvalue weighted by Gasteiger charge is -2.03. The first-order valence-corrected chi connectivity index (χ1v) is 4.81. The van der Waals surface area contributed by atoms with E-state index in [1.54, 1.807) is 10.9 Å². The van der Waals surface area contributed by atoms with Crippen LogP contribution in [0.15, 0.2) is 12.4 Å². The summed E-state index contributed by atoms with van der Waals surface area (Å²) in [6.07, 6.45) is 3.20. The molecule has 0 radical (unpaired) electrons. The molecule has 0 aromatic carbocycles. The molecule has 1 amide bonds. The normalized spacial score (nSPS) is 10.0. The molecule has 0 saturated carbocycles. The van der Waals surface area contributed by atoms with Crippen molar-refractivity contribution in [3.05, 3.63) is 18.0 Å². The van der Waals surface area contributed by atoms with Crippen LogP contribution in [0.1, 0.15) is 24.2 Å². The second-order valence-electron chi connectivity index (χ2n) is 3.69. The van der Waals surface area contributed by atoms with Gasteiger partial charge in [-0.2, -0.15) is 10.4 Å². The fraction of sp³-hybridized carbons (Fsp3) is 0.500. The Kier molecular flexibility index (Phi) is 3.86. The summed E-state index contributed by atoms with van der Waals surface area (Å²) in [4.78, 5) is 11.4. The van der Waals surface area contributed by atoms with E-state index in [4.69, 9.17) is 5.26 Å². The van der Waals surface area contributed by atoms with Crippen molar-refractivity contribution in [2.45, 2.75) is 20.4 Å². The largest absolute Gasteiger partial charge is 0.339 e. The summed E-state index contributed by atoms with van der Waals surface area (Å²) in [6, 6.07) is 1.85. The number of nitrogens with one attached hydrogen (secondary N) is 1. The molecular weight excluding hydrogens is 192 g/mol. The van der Waals surface area contributed by atoms with Crippen molar-refractivity contribution in [3.8, 4) is 6.07 Å². The smallest absolute Gasteiger partial charge is 0.255 e. The van der Waals surface area contributed by atoms with Gasteiger partial charge in [0.25, 0.3) is 5.91 Å². The summed E-state index contributed by atoms with van der Waals surface area (Å²) in [5.41, 5.74) is 0.492. The van der Waals surface area contributed by atoms with E-state index >= 15 is 0 Å². The number of hydrogen-bond acceptors (Lipinski definition) is 3. The van der Waals surface area contributed by atoms with Gasteiger partial charge in [-0.05, 0) is 5.92 Å². The Morgan fingerprint density at radius 2 is 2.47 bits per heavy atom. The Labute approximate surface area is 88.7 Å². The van der Waals surface area contributed by atoms with Crippen molar-refractivity contribution in [2.75, 3.05) is 6.54 Å². The van der Waals surface area contributed by atoms with Gasteiger partial charge < -0.3 is 5.32 Å². The summed E-state index contributed by atoms with van der Waals surface area (Å²) < 4.78 is 1.73. The Balaban J connectivity index is 2.60. The van der Waals surface area contributed by atoms with Crippen molar-refractivity contribution in [1.82, 2.24) is 15.1 Å². The second-order valence-corrected chi connectivity index (χ2v) is 3.69. The monoisotopic (exact) mass is 206 g/mol. The van der Waals surface area contributed by atoms with Crippen LogP contribution in [0.25, 0.3) is 0 Å². The molecule has 5 nitrogen and oxygen atoms in total. The Morgan fingerprint density at radius 3 is 3.07 bits per heavy atom. The second kappa shape index (κ2) is 5.15. The minimum Gasteiger partial charge on any atom is -0.339 e. The molecule has 0 aliphatic rings. The van der Waals surface area contributed by atoms with Crippen LogP contribution in [0.2, 0.25) is 0 Å². The molecule has 1 aromatic heterocycles. The van der Waals surface area contributed by atoms with Crippen LogP contribution in [0, 0.1) is 17.2 Å². The first-order valence-electron chi connectivity index (χ1n) is 4.81. The molecular formula is C10H14N4O. The van der Waals surface area contributed by atoms with Gasteiger partial charge >= 0.3 is 0 Å². The Bertz CT molecular complexity index is 375. The van der Waals surface area contributed by atoms with E-state index in [-0.39, 0.29) is 12.5 Å². The summed E-state index contributed by atoms with van der Waals surface area (Å²) in [5.74, 6) is 0.228. The van der Waals surface area contributed by atoms with E-state index in [0.717, 1.165) is 6.54 Å². The van der Waals surface area contributed by atoms with Crippen LogP contribution >= 0.6 is 0 Å². The highest BCUT2D eigenvalue weighted by Gasteiger charge is 2.07. The molecule has 0 unspecified atom stereocenters. The van der Waals surface area contributed by atoms with E-state index in [1.807, 2.05) is 6.07 Å². The van der Waals surface area contributed by atoms with Crippen molar-refractivity contribution in [1.29, 1.82) is 5.26 Å². The number of rotatable bonds is 4. The lowest BCUT2D eigenvalue weighted by Crippen LogP contribution is -2.23. The highest BCUT2D eigenvalue weighted by atomic mass is 16.1. The van der Waals surface area contributed by atoms with E-state index in [2.05, 4.69) is 24.3 Å². The van der Waals surface area contributed by atoms with Crippen LogP contribution in [0.4, 0.5) is 0 Å². The standard InChI is InChI=1S/C10H14N4O/c1-8(2)6-14-7-9(5-13-14)10(15)12-4-3-11/h5,7-8H,4,6H2,1-2H3,(H,12,15). The maximum atomic E-state index is 11.4. The fourth-order valence-electron chi connectivity index (χ4n) is 1.18. The number of carbonyl (C=O) groups excluding carboxylic acids is 1. The van der Waals surface area contributed by atoms with E-state index in [9.17, 15) is 4.79 Å². The SMILES string of the molecule is CC(C)Cn1cc(C(=O)NCC#N)cn1. The lowest BCUT2D eigenvalue weighted by molar-refractivity contribution is 0.0958. The van der Waals surface area contributed by atoms with Gasteiger partial charge in [0.15, 0.2) is 0 Å². The number of carbonyl (C=O) groups is 1. The van der Waals surface area contributed by atoms with Crippen LogP contribution in [0.5, 0.6) is 0 Å². The molecule has 0 bridgehead atoms. The summed E-state index contributed by atoms with van der Waals surface area (Å²) >= 11 is 0. The number of aromatic nitrogens is 2. The van der Waals surface area contributed by atoms with Crippen LogP contribution < -0.4 is 5.32 Å². The number of hydrogen-bond donors (Lipinski definition) is 1. The minimum atomic E-state index is -0.258. The predicted octanol–water partition coefficient (Wildman–Crippen LogP) is 0.792. The Morgan fingerprint density at radius 1 is 1.73 bits per heavy atom. The van der Waals surface area contributed by atoms with Crippen molar-refractivity contribution in [2.24, 2.45) is 5.92 Å². The van der Waals surface area contributed by atoms with Gasteiger partial charge in [0.2, 0.25) is 0 Å². The molecule has 0 spiro atoms. The quantitative estimate of drug-likeness (QED) is 0.740. The molecule has 1 rings (SSSR count). The highest BCUT2D eigenvalue weighted by Crippen LogP contribution is 2.01. The molecule has 1 heterocycles. The van der Waals surface area contributed by atoms with E-state index in [1.165, 1.54) is 6.20 Å². The van der Waals surface area contributed by atoms with Crippen LogP contribution in [0.3, 0.4) is 0 Å². The predicted molar refractivity (Wildman–Crippen MR) is 55.0 cm³/mol. The lowest BCUT2D eigenvalue weighted by atomic mass is 10.2. The van der Waals surface area contributed by atoms with Gasteiger partial charge in [0.1, 0.15) is 6.54 Å². The molecule has 1 aromatic rings. The third-order valence-corrected chi connectivity index (χ3v) is 1.78. The van der Waals surface area contributed by atoms with Gasteiger partial charge in [-0.15, -0.1) is 0 Å². The third kappa shape index (κ3) is 3.43. The molecule has 0 aliphatic heterocycles. The average molecular weight is 206 g/mol. The summed E-state index contributed by atoms with van der Waals surface area (Å²) in [6.45, 7) is 4.97. The number of nitriles is 1. The summed E-state index contributed by atoms with van der Waals surface area (Å²) in [7, 11) is 0. The molecule has 0 atom stereocenters. The molecule has 0 aliphatic carbocycles. The molecule has 0 saturated heterocycles. The Hall–Kier alpha value is -1.83. The molecule has 1 N–H and O–H groups in total. The average Bonchev–Trinajstić information content (AvgIpc) is 2.61. The van der Waals surface area contributed by atoms with Gasteiger partial charge in [-0.3, -0.25) is 9.48 Å². The number of amides is 1. The fourth-order valence-corrected chi connectivity index (χ4v) is 1.18. The summed E-state index contributed by atoms with van der Waals surface area (Å²) in [5, 5.41) is 14.8. The van der Waals surface area contributed by atoms with Gasteiger partial charge in [-0.1, -0.05) is 13.8 Å². The zero-order valence-electron chi connectivity index (χ0n) is 8.90. The molecule has 80 valence electrons. The van der Waals surface area contributed by atoms with Gasteiger partial charge in [-0.25, -0.2) is 0 Å². The molecule has 15 heavy (non-hydrogen) atoms. The zero-order valence-corrected chi connectivity index (χ0v) is 8.90. The van der Waals surface area contributed by atoms with E-state index in [0.29, 0.717) is 11.5 Å². The maximum absolute atomic E-state index is 11.4. The van der Waals surface area contributed by atoms with Gasteiger partial charge in [0, 0.05) is 12.7 Å². The highest BCUT2D eigenvalue weighted by molar-refractivity contribution is 5.93. The number of nitrogens with zero attached hydrogens (tertiary/aromatic N) is 3. The first kappa shape index (κ1) is 11.2. The van der Waals surface area contributed by atoms with E-state index < -0.39 is 0 Å². The molecule has 0 fully saturated rings. The van der Waals surface area contributed by atoms with Crippen molar-refractivity contribution in [3.63, 3.8) is 0 Å². The molecule has 5 heteroatoms. The van der Waals surface area contributed by atoms with Crippen LogP contribution in [-0.2, 0) is 6.54 Å². The maximum Gasteiger partial charge on any atom is 0.255 e. The first-order chi connectivity index (χ1) is 7.13. The zero-order chi connectivity index (χ0) is 11.3. The minimum absolute atomic E-state index is 0.0220. The van der Waals surface area contributed by atoms with Gasteiger partial charge in [0.05, 0.1) is 17.8 Å². The van der Waals surface area contributed by atoms with Crippen molar-refractivity contribution >= 4 is 5.91 Å².